The second-order valence-electron chi connectivity index (χ2n) is 5.34. The van der Waals surface area contributed by atoms with Crippen LogP contribution in [0.2, 0.25) is 0 Å². The molecule has 1 aromatic carbocycles. The van der Waals surface area contributed by atoms with Crippen LogP contribution in [0.5, 0.6) is 0 Å². The molecule has 1 aliphatic rings. The molecule has 0 saturated heterocycles. The van der Waals surface area contributed by atoms with Crippen molar-refractivity contribution < 1.29 is 0 Å². The molecule has 3 rings (SSSR count). The van der Waals surface area contributed by atoms with E-state index in [0.717, 1.165) is 24.5 Å². The van der Waals surface area contributed by atoms with E-state index in [4.69, 9.17) is 5.84 Å². The third kappa shape index (κ3) is 2.60. The van der Waals surface area contributed by atoms with Gasteiger partial charge < -0.3 is 10.3 Å². The Morgan fingerprint density at radius 2 is 2.20 bits per heavy atom. The Kier molecular flexibility index (Phi) is 3.56. The molecule has 0 bridgehead atoms. The topological polar surface area (TPSA) is 54.2 Å². The Labute approximate surface area is 119 Å². The molecular formula is C16H20N4. The summed E-state index contributed by atoms with van der Waals surface area (Å²) in [5, 5.41) is 0. The summed E-state index contributed by atoms with van der Waals surface area (Å²) in [4.78, 5) is 6.84. The van der Waals surface area contributed by atoms with Crippen molar-refractivity contribution in [2.75, 3.05) is 16.9 Å². The van der Waals surface area contributed by atoms with Gasteiger partial charge >= 0.3 is 0 Å². The van der Waals surface area contributed by atoms with Crippen molar-refractivity contribution in [1.29, 1.82) is 0 Å². The zero-order valence-electron chi connectivity index (χ0n) is 11.8. The van der Waals surface area contributed by atoms with Gasteiger partial charge in [0.2, 0.25) is 0 Å². The first-order chi connectivity index (χ1) is 9.76. The molecule has 1 aromatic heterocycles. The maximum absolute atomic E-state index is 5.45. The monoisotopic (exact) mass is 268 g/mol. The molecule has 0 saturated carbocycles. The summed E-state index contributed by atoms with van der Waals surface area (Å²) in [6.07, 6.45) is 4.17. The van der Waals surface area contributed by atoms with Crippen LogP contribution in [-0.2, 0) is 13.0 Å². The molecular weight excluding hydrogens is 248 g/mol. The second-order valence-corrected chi connectivity index (χ2v) is 5.34. The van der Waals surface area contributed by atoms with Gasteiger partial charge in [-0.15, -0.1) is 0 Å². The van der Waals surface area contributed by atoms with Crippen molar-refractivity contribution in [2.45, 2.75) is 26.3 Å². The van der Waals surface area contributed by atoms with Gasteiger partial charge in [-0.2, -0.15) is 0 Å². The lowest BCUT2D eigenvalue weighted by molar-refractivity contribution is 0.683. The van der Waals surface area contributed by atoms with Gasteiger partial charge in [-0.05, 0) is 43.5 Å². The van der Waals surface area contributed by atoms with E-state index in [1.54, 1.807) is 6.20 Å². The highest BCUT2D eigenvalue weighted by Crippen LogP contribution is 2.29. The number of nitrogens with two attached hydrogens (primary N) is 1. The number of aryl methyl sites for hydroxylation is 2. The number of fused-ring (bicyclic) bond motifs is 1. The van der Waals surface area contributed by atoms with Gasteiger partial charge in [-0.25, -0.2) is 0 Å². The number of hydrogen-bond acceptors (Lipinski definition) is 4. The Morgan fingerprint density at radius 1 is 1.30 bits per heavy atom. The van der Waals surface area contributed by atoms with Crippen LogP contribution in [0.4, 0.5) is 11.4 Å². The summed E-state index contributed by atoms with van der Waals surface area (Å²) in [5.41, 5.74) is 8.73. The van der Waals surface area contributed by atoms with Crippen LogP contribution in [0.1, 0.15) is 23.2 Å². The molecule has 2 heterocycles. The molecule has 0 unspecified atom stereocenters. The smallest absolute Gasteiger partial charge is 0.0617 e. The Morgan fingerprint density at radius 3 is 3.05 bits per heavy atom. The van der Waals surface area contributed by atoms with Gasteiger partial charge in [0.05, 0.1) is 17.9 Å². The SMILES string of the molecule is Cc1ccc2c(c1)CCCN2Cc1cc(NN)ccn1. The molecule has 4 nitrogen and oxygen atoms in total. The highest BCUT2D eigenvalue weighted by Gasteiger charge is 2.17. The van der Waals surface area contributed by atoms with Gasteiger partial charge in [0.25, 0.3) is 0 Å². The number of nitrogens with one attached hydrogen (secondary N) is 1. The number of hydrogen-bond donors (Lipinski definition) is 2. The summed E-state index contributed by atoms with van der Waals surface area (Å²) < 4.78 is 0. The number of nitrogens with zero attached hydrogens (tertiary/aromatic N) is 2. The molecule has 20 heavy (non-hydrogen) atoms. The predicted molar refractivity (Wildman–Crippen MR) is 82.6 cm³/mol. The minimum Gasteiger partial charge on any atom is -0.365 e. The number of nitrogen functional groups attached to an aromatic ring is 1. The number of hydrazine groups is 1. The maximum Gasteiger partial charge on any atom is 0.0617 e. The fourth-order valence-electron chi connectivity index (χ4n) is 2.82. The Hall–Kier alpha value is -2.07. The summed E-state index contributed by atoms with van der Waals surface area (Å²) in [6, 6.07) is 10.6. The largest absolute Gasteiger partial charge is 0.365 e. The first kappa shape index (κ1) is 12.9. The summed E-state index contributed by atoms with van der Waals surface area (Å²) in [7, 11) is 0. The quantitative estimate of drug-likeness (QED) is 0.663. The van der Waals surface area contributed by atoms with E-state index < -0.39 is 0 Å². The molecule has 0 atom stereocenters. The summed E-state index contributed by atoms with van der Waals surface area (Å²) in [5.74, 6) is 5.45. The van der Waals surface area contributed by atoms with Gasteiger partial charge in [0, 0.05) is 18.4 Å². The predicted octanol–water partition coefficient (Wildman–Crippen LogP) is 2.63. The molecule has 2 aromatic rings. The lowest BCUT2D eigenvalue weighted by atomic mass is 9.99. The number of pyridine rings is 1. The van der Waals surface area contributed by atoms with Crippen molar-refractivity contribution >= 4 is 11.4 Å². The van der Waals surface area contributed by atoms with E-state index in [0.29, 0.717) is 0 Å². The molecule has 0 aliphatic carbocycles. The molecule has 4 heteroatoms. The lowest BCUT2D eigenvalue weighted by Gasteiger charge is -2.31. The van der Waals surface area contributed by atoms with Gasteiger partial charge in [-0.3, -0.25) is 10.8 Å². The van der Waals surface area contributed by atoms with Crippen LogP contribution >= 0.6 is 0 Å². The first-order valence-corrected chi connectivity index (χ1v) is 7.02. The van der Waals surface area contributed by atoms with Crippen molar-refractivity contribution in [3.63, 3.8) is 0 Å². The molecule has 104 valence electrons. The minimum absolute atomic E-state index is 0.825. The van der Waals surface area contributed by atoms with Crippen LogP contribution in [0.3, 0.4) is 0 Å². The first-order valence-electron chi connectivity index (χ1n) is 7.02. The highest BCUT2D eigenvalue weighted by atomic mass is 15.2. The fraction of sp³-hybridized carbons (Fsp3) is 0.312. The number of rotatable bonds is 3. The molecule has 0 radical (unpaired) electrons. The third-order valence-electron chi connectivity index (χ3n) is 3.79. The normalized spacial score (nSPS) is 14.0. The Balaban J connectivity index is 1.85. The van der Waals surface area contributed by atoms with Gasteiger partial charge in [0.15, 0.2) is 0 Å². The van der Waals surface area contributed by atoms with Crippen molar-refractivity contribution in [1.82, 2.24) is 4.98 Å². The van der Waals surface area contributed by atoms with Crippen molar-refractivity contribution in [3.8, 4) is 0 Å². The van der Waals surface area contributed by atoms with Crippen LogP contribution < -0.4 is 16.2 Å². The molecule has 0 spiro atoms. The van der Waals surface area contributed by atoms with Crippen molar-refractivity contribution in [3.05, 3.63) is 53.3 Å². The van der Waals surface area contributed by atoms with Crippen LogP contribution in [-0.4, -0.2) is 11.5 Å². The third-order valence-corrected chi connectivity index (χ3v) is 3.79. The van der Waals surface area contributed by atoms with E-state index in [2.05, 4.69) is 40.4 Å². The van der Waals surface area contributed by atoms with Crippen molar-refractivity contribution in [2.24, 2.45) is 5.84 Å². The molecule has 1 aliphatic heterocycles. The van der Waals surface area contributed by atoms with E-state index in [-0.39, 0.29) is 0 Å². The molecule has 0 fully saturated rings. The summed E-state index contributed by atoms with van der Waals surface area (Å²) in [6.45, 7) is 4.06. The van der Waals surface area contributed by atoms with Crippen LogP contribution in [0.25, 0.3) is 0 Å². The summed E-state index contributed by atoms with van der Waals surface area (Å²) >= 11 is 0. The average Bonchev–Trinajstić information content (AvgIpc) is 2.47. The lowest BCUT2D eigenvalue weighted by Crippen LogP contribution is -2.29. The Bertz CT molecular complexity index is 609. The number of aromatic nitrogens is 1. The zero-order chi connectivity index (χ0) is 13.9. The number of benzene rings is 1. The van der Waals surface area contributed by atoms with Crippen LogP contribution in [0, 0.1) is 6.92 Å². The molecule has 0 amide bonds. The minimum atomic E-state index is 0.825. The molecule has 3 N–H and O–H groups in total. The second kappa shape index (κ2) is 5.51. The van der Waals surface area contributed by atoms with Gasteiger partial charge in [-0.1, -0.05) is 17.7 Å². The van der Waals surface area contributed by atoms with E-state index in [1.807, 2.05) is 12.1 Å². The van der Waals surface area contributed by atoms with E-state index in [9.17, 15) is 0 Å². The van der Waals surface area contributed by atoms with Gasteiger partial charge in [0.1, 0.15) is 0 Å². The van der Waals surface area contributed by atoms with E-state index in [1.165, 1.54) is 29.7 Å². The number of anilines is 2. The zero-order valence-corrected chi connectivity index (χ0v) is 11.8. The van der Waals surface area contributed by atoms with E-state index >= 15 is 0 Å². The standard InChI is InChI=1S/C16H20N4/c1-12-4-5-16-13(9-12)3-2-8-20(16)11-15-10-14(19-17)6-7-18-15/h4-7,9-10H,2-3,8,11,17H2,1H3,(H,18,19). The fourth-order valence-corrected chi connectivity index (χ4v) is 2.82. The highest BCUT2D eigenvalue weighted by molar-refractivity contribution is 5.57. The average molecular weight is 268 g/mol. The van der Waals surface area contributed by atoms with Crippen LogP contribution in [0.15, 0.2) is 36.5 Å². The maximum atomic E-state index is 5.45.